The lowest BCUT2D eigenvalue weighted by molar-refractivity contribution is 0.102. The van der Waals surface area contributed by atoms with Gasteiger partial charge in [-0.05, 0) is 36.4 Å². The molecular weight excluding hydrogens is 416 g/mol. The van der Waals surface area contributed by atoms with Crippen molar-refractivity contribution in [3.63, 3.8) is 0 Å². The van der Waals surface area contributed by atoms with E-state index in [1.54, 1.807) is 24.4 Å². The second-order valence-corrected chi connectivity index (χ2v) is 6.93. The second-order valence-electron chi connectivity index (χ2n) is 5.61. The van der Waals surface area contributed by atoms with Crippen LogP contribution in [-0.4, -0.2) is 20.3 Å². The van der Waals surface area contributed by atoms with Gasteiger partial charge in [-0.2, -0.15) is 0 Å². The number of aromatic nitrogens is 3. The van der Waals surface area contributed by atoms with Crippen molar-refractivity contribution in [2.45, 2.75) is 0 Å². The third-order valence-corrected chi connectivity index (χ3v) is 4.67. The maximum Gasteiger partial charge on any atom is 0.257 e. The molecule has 0 atom stereocenters. The van der Waals surface area contributed by atoms with Crippen molar-refractivity contribution in [3.05, 3.63) is 82.2 Å². The van der Waals surface area contributed by atoms with Crippen LogP contribution < -0.4 is 5.32 Å². The normalized spacial score (nSPS) is 10.8. The Bertz CT molecular complexity index is 1080. The number of nitrogens with one attached hydrogen (secondary N) is 1. The average molecular weight is 428 g/mol. The van der Waals surface area contributed by atoms with Crippen molar-refractivity contribution < 1.29 is 4.79 Å². The minimum Gasteiger partial charge on any atom is -0.322 e. The van der Waals surface area contributed by atoms with Crippen molar-refractivity contribution >= 4 is 44.9 Å². The van der Waals surface area contributed by atoms with Gasteiger partial charge in [-0.25, -0.2) is 9.97 Å². The highest BCUT2D eigenvalue weighted by Crippen LogP contribution is 2.24. The number of imidazole rings is 1. The fourth-order valence-corrected chi connectivity index (χ4v) is 3.13. The van der Waals surface area contributed by atoms with Crippen LogP contribution >= 0.6 is 27.5 Å². The Balaban J connectivity index is 1.56. The van der Waals surface area contributed by atoms with Crippen molar-refractivity contribution in [2.24, 2.45) is 0 Å². The Labute approximate surface area is 162 Å². The Kier molecular flexibility index (Phi) is 4.44. The van der Waals surface area contributed by atoms with E-state index in [4.69, 9.17) is 11.6 Å². The van der Waals surface area contributed by atoms with Crippen LogP contribution in [0.3, 0.4) is 0 Å². The Hall–Kier alpha value is -2.70. The highest BCUT2D eigenvalue weighted by Gasteiger charge is 2.12. The molecule has 0 unspecified atom stereocenters. The Morgan fingerprint density at radius 1 is 1.15 bits per heavy atom. The molecule has 0 fully saturated rings. The van der Waals surface area contributed by atoms with E-state index < -0.39 is 0 Å². The molecular formula is C19H12BrClN4O. The summed E-state index contributed by atoms with van der Waals surface area (Å²) >= 11 is 9.45. The number of benzene rings is 2. The van der Waals surface area contributed by atoms with E-state index in [1.165, 1.54) is 0 Å². The van der Waals surface area contributed by atoms with Gasteiger partial charge in [0.05, 0.1) is 16.3 Å². The lowest BCUT2D eigenvalue weighted by Gasteiger charge is -2.08. The van der Waals surface area contributed by atoms with Gasteiger partial charge in [0.1, 0.15) is 0 Å². The zero-order valence-corrected chi connectivity index (χ0v) is 15.7. The lowest BCUT2D eigenvalue weighted by atomic mass is 10.1. The fourth-order valence-electron chi connectivity index (χ4n) is 2.56. The van der Waals surface area contributed by atoms with E-state index in [9.17, 15) is 4.79 Å². The number of carbonyl (C=O) groups is 1. The van der Waals surface area contributed by atoms with Gasteiger partial charge in [-0.1, -0.05) is 39.7 Å². The van der Waals surface area contributed by atoms with Gasteiger partial charge in [0, 0.05) is 34.3 Å². The largest absolute Gasteiger partial charge is 0.322 e. The number of amides is 1. The van der Waals surface area contributed by atoms with Crippen LogP contribution in [0.4, 0.5) is 5.69 Å². The SMILES string of the molecule is O=C(Nc1ccc(-c2cn3cccnc3n2)cc1)c1cc(Br)ccc1Cl. The molecule has 2 heterocycles. The number of rotatable bonds is 3. The monoisotopic (exact) mass is 426 g/mol. The first kappa shape index (κ1) is 16.8. The fraction of sp³-hybridized carbons (Fsp3) is 0. The van der Waals surface area contributed by atoms with Crippen molar-refractivity contribution in [2.75, 3.05) is 5.32 Å². The smallest absolute Gasteiger partial charge is 0.257 e. The van der Waals surface area contributed by atoms with Gasteiger partial charge in [0.2, 0.25) is 5.78 Å². The van der Waals surface area contributed by atoms with Gasteiger partial charge in [0.15, 0.2) is 0 Å². The number of anilines is 1. The topological polar surface area (TPSA) is 59.3 Å². The summed E-state index contributed by atoms with van der Waals surface area (Å²) < 4.78 is 2.66. The quantitative estimate of drug-likeness (QED) is 0.497. The third kappa shape index (κ3) is 3.34. The predicted molar refractivity (Wildman–Crippen MR) is 106 cm³/mol. The van der Waals surface area contributed by atoms with Gasteiger partial charge < -0.3 is 5.32 Å². The van der Waals surface area contributed by atoms with Gasteiger partial charge in [-0.3, -0.25) is 9.20 Å². The molecule has 0 saturated carbocycles. The Morgan fingerprint density at radius 2 is 1.96 bits per heavy atom. The minimum absolute atomic E-state index is 0.263. The standard InChI is InChI=1S/C19H12BrClN4O/c20-13-4-7-16(21)15(10-13)18(26)23-14-5-2-12(3-6-14)17-11-25-9-1-8-22-19(25)24-17/h1-11H,(H,23,26). The molecule has 0 spiro atoms. The number of nitrogens with zero attached hydrogens (tertiary/aromatic N) is 3. The van der Waals surface area contributed by atoms with E-state index in [0.717, 1.165) is 15.7 Å². The summed E-state index contributed by atoms with van der Waals surface area (Å²) in [5.41, 5.74) is 2.85. The van der Waals surface area contributed by atoms with Crippen molar-refractivity contribution in [1.29, 1.82) is 0 Å². The van der Waals surface area contributed by atoms with Gasteiger partial charge >= 0.3 is 0 Å². The highest BCUT2D eigenvalue weighted by atomic mass is 79.9. The third-order valence-electron chi connectivity index (χ3n) is 3.85. The van der Waals surface area contributed by atoms with E-state index in [-0.39, 0.29) is 5.91 Å². The molecule has 1 N–H and O–H groups in total. The summed E-state index contributed by atoms with van der Waals surface area (Å²) in [6, 6.07) is 14.5. The molecule has 0 saturated heterocycles. The molecule has 0 aliphatic rings. The molecule has 26 heavy (non-hydrogen) atoms. The molecule has 5 nitrogen and oxygen atoms in total. The van der Waals surface area contributed by atoms with Crippen molar-refractivity contribution in [1.82, 2.24) is 14.4 Å². The van der Waals surface area contributed by atoms with Crippen LogP contribution in [0.15, 0.2) is 71.6 Å². The Morgan fingerprint density at radius 3 is 2.73 bits per heavy atom. The van der Waals surface area contributed by atoms with Gasteiger partial charge in [0.25, 0.3) is 5.91 Å². The van der Waals surface area contributed by atoms with E-state index >= 15 is 0 Å². The van der Waals surface area contributed by atoms with Crippen LogP contribution in [0.25, 0.3) is 17.0 Å². The van der Waals surface area contributed by atoms with Crippen LogP contribution in [0.5, 0.6) is 0 Å². The molecule has 0 aliphatic carbocycles. The molecule has 4 aromatic rings. The number of hydrogen-bond acceptors (Lipinski definition) is 3. The number of carbonyl (C=O) groups excluding carboxylic acids is 1. The van der Waals surface area contributed by atoms with E-state index in [2.05, 4.69) is 31.2 Å². The summed E-state index contributed by atoms with van der Waals surface area (Å²) in [7, 11) is 0. The zero-order valence-electron chi connectivity index (χ0n) is 13.4. The maximum atomic E-state index is 12.4. The van der Waals surface area contributed by atoms with E-state index in [1.807, 2.05) is 47.1 Å². The molecule has 0 aliphatic heterocycles. The molecule has 0 radical (unpaired) electrons. The molecule has 4 rings (SSSR count). The minimum atomic E-state index is -0.263. The summed E-state index contributed by atoms with van der Waals surface area (Å²) in [6.45, 7) is 0. The number of fused-ring (bicyclic) bond motifs is 1. The second kappa shape index (κ2) is 6.90. The molecule has 2 aromatic carbocycles. The van der Waals surface area contributed by atoms with Gasteiger partial charge in [-0.15, -0.1) is 0 Å². The maximum absolute atomic E-state index is 12.4. The lowest BCUT2D eigenvalue weighted by Crippen LogP contribution is -2.12. The van der Waals surface area contributed by atoms with Crippen LogP contribution in [0.1, 0.15) is 10.4 Å². The van der Waals surface area contributed by atoms with Crippen LogP contribution in [-0.2, 0) is 0 Å². The molecule has 1 amide bonds. The summed E-state index contributed by atoms with van der Waals surface area (Å²) in [4.78, 5) is 21.1. The predicted octanol–water partition coefficient (Wildman–Crippen LogP) is 5.06. The van der Waals surface area contributed by atoms with Crippen LogP contribution in [0, 0.1) is 0 Å². The highest BCUT2D eigenvalue weighted by molar-refractivity contribution is 9.10. The molecule has 7 heteroatoms. The first-order valence-electron chi connectivity index (χ1n) is 7.77. The summed E-state index contributed by atoms with van der Waals surface area (Å²) in [5, 5.41) is 3.25. The number of halogens is 2. The van der Waals surface area contributed by atoms with Crippen molar-refractivity contribution in [3.8, 4) is 11.3 Å². The molecule has 128 valence electrons. The number of hydrogen-bond donors (Lipinski definition) is 1. The first-order chi connectivity index (χ1) is 12.6. The molecule has 0 bridgehead atoms. The first-order valence-corrected chi connectivity index (χ1v) is 8.94. The zero-order chi connectivity index (χ0) is 18.1. The van der Waals surface area contributed by atoms with Crippen LogP contribution in [0.2, 0.25) is 5.02 Å². The van der Waals surface area contributed by atoms with E-state index in [0.29, 0.717) is 22.1 Å². The summed E-state index contributed by atoms with van der Waals surface area (Å²) in [6.07, 6.45) is 5.52. The summed E-state index contributed by atoms with van der Waals surface area (Å²) in [5.74, 6) is 0.380. The average Bonchev–Trinajstić information content (AvgIpc) is 3.08. The molecule has 2 aromatic heterocycles.